The molecule has 1 fully saturated rings. The zero-order chi connectivity index (χ0) is 13.7. The summed E-state index contributed by atoms with van der Waals surface area (Å²) in [6.45, 7) is 4.42. The number of nitrogens with zero attached hydrogens (tertiary/aromatic N) is 1. The first kappa shape index (κ1) is 14.1. The second-order valence-corrected chi connectivity index (χ2v) is 5.50. The summed E-state index contributed by atoms with van der Waals surface area (Å²) in [5, 5.41) is 8.72. The third-order valence-corrected chi connectivity index (χ3v) is 4.25. The third-order valence-electron chi connectivity index (χ3n) is 4.25. The van der Waals surface area contributed by atoms with Crippen LogP contribution < -0.4 is 0 Å². The van der Waals surface area contributed by atoms with Gasteiger partial charge in [0.1, 0.15) is 0 Å². The summed E-state index contributed by atoms with van der Waals surface area (Å²) in [7, 11) is 0. The molecule has 1 aliphatic rings. The molecule has 1 aromatic rings. The molecular weight excluding hydrogens is 238 g/mol. The fraction of sp³-hybridized carbons (Fsp3) is 0.562. The van der Waals surface area contributed by atoms with E-state index < -0.39 is 5.97 Å². The summed E-state index contributed by atoms with van der Waals surface area (Å²) >= 11 is 0. The van der Waals surface area contributed by atoms with E-state index in [0.717, 1.165) is 32.4 Å². The van der Waals surface area contributed by atoms with E-state index in [9.17, 15) is 4.79 Å². The number of carboxylic acids is 1. The van der Waals surface area contributed by atoms with Crippen molar-refractivity contribution in [2.75, 3.05) is 13.1 Å². The van der Waals surface area contributed by atoms with Crippen molar-refractivity contribution in [1.82, 2.24) is 4.90 Å². The van der Waals surface area contributed by atoms with Crippen LogP contribution in [0, 0.1) is 5.92 Å². The maximum absolute atomic E-state index is 10.6. The lowest BCUT2D eigenvalue weighted by atomic mass is 9.91. The quantitative estimate of drug-likeness (QED) is 0.884. The van der Waals surface area contributed by atoms with E-state index in [2.05, 4.69) is 36.1 Å². The Kier molecular flexibility index (Phi) is 4.97. The van der Waals surface area contributed by atoms with Gasteiger partial charge in [-0.05, 0) is 50.8 Å². The van der Waals surface area contributed by atoms with Crippen LogP contribution in [-0.4, -0.2) is 29.1 Å². The van der Waals surface area contributed by atoms with Gasteiger partial charge in [0.05, 0.1) is 0 Å². The Morgan fingerprint density at radius 3 is 2.53 bits per heavy atom. The van der Waals surface area contributed by atoms with Gasteiger partial charge in [-0.15, -0.1) is 0 Å². The number of aliphatic carboxylic acids is 1. The van der Waals surface area contributed by atoms with Crippen molar-refractivity contribution >= 4 is 5.97 Å². The first-order chi connectivity index (χ1) is 9.16. The van der Waals surface area contributed by atoms with Gasteiger partial charge in [-0.2, -0.15) is 0 Å². The lowest BCUT2D eigenvalue weighted by Gasteiger charge is -2.36. The Balaban J connectivity index is 1.81. The molecule has 1 aromatic carbocycles. The monoisotopic (exact) mass is 261 g/mol. The minimum absolute atomic E-state index is 0.318. The summed E-state index contributed by atoms with van der Waals surface area (Å²) in [5.41, 5.74) is 1.37. The molecule has 1 saturated heterocycles. The molecule has 0 saturated carbocycles. The molecule has 0 amide bonds. The van der Waals surface area contributed by atoms with Crippen LogP contribution in [0.5, 0.6) is 0 Å². The number of hydrogen-bond donors (Lipinski definition) is 1. The lowest BCUT2D eigenvalue weighted by molar-refractivity contribution is -0.137. The van der Waals surface area contributed by atoms with Crippen LogP contribution in [0.4, 0.5) is 0 Å². The molecule has 1 heterocycles. The maximum Gasteiger partial charge on any atom is 0.303 e. The Morgan fingerprint density at radius 2 is 1.95 bits per heavy atom. The fourth-order valence-corrected chi connectivity index (χ4v) is 2.90. The number of piperidine rings is 1. The van der Waals surface area contributed by atoms with Gasteiger partial charge in [0.15, 0.2) is 0 Å². The largest absolute Gasteiger partial charge is 0.481 e. The average Bonchev–Trinajstić information content (AvgIpc) is 2.46. The third kappa shape index (κ3) is 4.06. The van der Waals surface area contributed by atoms with Crippen LogP contribution in [0.2, 0.25) is 0 Å². The molecule has 2 rings (SSSR count). The summed E-state index contributed by atoms with van der Waals surface area (Å²) < 4.78 is 0. The van der Waals surface area contributed by atoms with E-state index in [1.54, 1.807) is 0 Å². The van der Waals surface area contributed by atoms with Gasteiger partial charge in [0.25, 0.3) is 0 Å². The number of carboxylic acid groups (broad SMARTS) is 1. The van der Waals surface area contributed by atoms with Crippen LogP contribution in [0.15, 0.2) is 30.3 Å². The molecule has 0 aliphatic carbocycles. The predicted octanol–water partition coefficient (Wildman–Crippen LogP) is 3.32. The summed E-state index contributed by atoms with van der Waals surface area (Å²) in [4.78, 5) is 13.1. The molecule has 104 valence electrons. The fourth-order valence-electron chi connectivity index (χ4n) is 2.90. The van der Waals surface area contributed by atoms with Gasteiger partial charge in [0, 0.05) is 12.5 Å². The molecule has 3 heteroatoms. The van der Waals surface area contributed by atoms with Crippen LogP contribution in [0.1, 0.15) is 44.2 Å². The standard InChI is InChI=1S/C16H23NO2/c1-13(15-5-3-2-4-6-15)17-11-9-14(10-12-17)7-8-16(18)19/h2-6,13-14H,7-12H2,1H3,(H,18,19). The van der Waals surface area contributed by atoms with E-state index in [0.29, 0.717) is 18.4 Å². The van der Waals surface area contributed by atoms with Crippen molar-refractivity contribution in [2.45, 2.75) is 38.6 Å². The molecule has 19 heavy (non-hydrogen) atoms. The number of rotatable bonds is 5. The van der Waals surface area contributed by atoms with Crippen LogP contribution in [0.3, 0.4) is 0 Å². The Bertz CT molecular complexity index is 396. The second-order valence-electron chi connectivity index (χ2n) is 5.50. The van der Waals surface area contributed by atoms with Crippen molar-refractivity contribution < 1.29 is 9.90 Å². The van der Waals surface area contributed by atoms with Gasteiger partial charge in [-0.1, -0.05) is 30.3 Å². The first-order valence-corrected chi connectivity index (χ1v) is 7.17. The molecule has 0 spiro atoms. The molecular formula is C16H23NO2. The van der Waals surface area contributed by atoms with Crippen LogP contribution >= 0.6 is 0 Å². The predicted molar refractivity (Wildman–Crippen MR) is 76.0 cm³/mol. The van der Waals surface area contributed by atoms with Crippen LogP contribution in [-0.2, 0) is 4.79 Å². The van der Waals surface area contributed by atoms with Gasteiger partial charge in [-0.25, -0.2) is 0 Å². The van der Waals surface area contributed by atoms with Crippen molar-refractivity contribution in [3.63, 3.8) is 0 Å². The van der Waals surface area contributed by atoms with E-state index in [4.69, 9.17) is 5.11 Å². The Labute approximate surface area is 115 Å². The maximum atomic E-state index is 10.6. The number of hydrogen-bond acceptors (Lipinski definition) is 2. The topological polar surface area (TPSA) is 40.5 Å². The molecule has 1 unspecified atom stereocenters. The van der Waals surface area contributed by atoms with Crippen molar-refractivity contribution in [2.24, 2.45) is 5.92 Å². The zero-order valence-electron chi connectivity index (χ0n) is 11.6. The lowest BCUT2D eigenvalue weighted by Crippen LogP contribution is -2.35. The zero-order valence-corrected chi connectivity index (χ0v) is 11.6. The molecule has 0 aromatic heterocycles. The molecule has 0 bridgehead atoms. The molecule has 1 atom stereocenters. The van der Waals surface area contributed by atoms with Gasteiger partial charge >= 0.3 is 5.97 Å². The summed E-state index contributed by atoms with van der Waals surface area (Å²) in [5.74, 6) is -0.0737. The van der Waals surface area contributed by atoms with E-state index in [1.807, 2.05) is 6.07 Å². The highest BCUT2D eigenvalue weighted by atomic mass is 16.4. The molecule has 1 aliphatic heterocycles. The highest BCUT2D eigenvalue weighted by molar-refractivity contribution is 5.66. The minimum Gasteiger partial charge on any atom is -0.481 e. The van der Waals surface area contributed by atoms with Gasteiger partial charge in [0.2, 0.25) is 0 Å². The highest BCUT2D eigenvalue weighted by Gasteiger charge is 2.23. The number of carbonyl (C=O) groups is 1. The summed E-state index contributed by atoms with van der Waals surface area (Å²) in [6.07, 6.45) is 3.41. The smallest absolute Gasteiger partial charge is 0.303 e. The van der Waals surface area contributed by atoms with E-state index in [-0.39, 0.29) is 0 Å². The van der Waals surface area contributed by atoms with Gasteiger partial charge < -0.3 is 5.11 Å². The average molecular weight is 261 g/mol. The number of benzene rings is 1. The normalized spacial score (nSPS) is 19.2. The van der Waals surface area contributed by atoms with Crippen molar-refractivity contribution in [1.29, 1.82) is 0 Å². The minimum atomic E-state index is -0.667. The van der Waals surface area contributed by atoms with Gasteiger partial charge in [-0.3, -0.25) is 9.69 Å². The molecule has 3 nitrogen and oxygen atoms in total. The van der Waals surface area contributed by atoms with Crippen LogP contribution in [0.25, 0.3) is 0 Å². The highest BCUT2D eigenvalue weighted by Crippen LogP contribution is 2.28. The molecule has 1 N–H and O–H groups in total. The van der Waals surface area contributed by atoms with E-state index >= 15 is 0 Å². The first-order valence-electron chi connectivity index (χ1n) is 7.17. The SMILES string of the molecule is CC(c1ccccc1)N1CCC(CCC(=O)O)CC1. The summed E-state index contributed by atoms with van der Waals surface area (Å²) in [6, 6.07) is 11.1. The second kappa shape index (κ2) is 6.71. The Morgan fingerprint density at radius 1 is 1.32 bits per heavy atom. The Hall–Kier alpha value is -1.35. The van der Waals surface area contributed by atoms with E-state index in [1.165, 1.54) is 5.56 Å². The van der Waals surface area contributed by atoms with Crippen molar-refractivity contribution in [3.05, 3.63) is 35.9 Å². The van der Waals surface area contributed by atoms with Crippen molar-refractivity contribution in [3.8, 4) is 0 Å². The number of likely N-dealkylation sites (tertiary alicyclic amines) is 1. The molecule has 0 radical (unpaired) electrons.